The van der Waals surface area contributed by atoms with E-state index in [0.717, 1.165) is 64.2 Å². The molecule has 10 heteroatoms. The van der Waals surface area contributed by atoms with Crippen molar-refractivity contribution in [3.8, 4) is 0 Å². The summed E-state index contributed by atoms with van der Waals surface area (Å²) in [5.41, 5.74) is 0. The number of rotatable bonds is 68. The van der Waals surface area contributed by atoms with Gasteiger partial charge in [0.2, 0.25) is 5.91 Å². The van der Waals surface area contributed by atoms with E-state index in [1.54, 1.807) is 0 Å². The van der Waals surface area contributed by atoms with Gasteiger partial charge < -0.3 is 28.5 Å². The first-order valence-electron chi connectivity index (χ1n) is 36.8. The number of quaternary nitrogens is 1. The minimum atomic E-state index is -4.70. The van der Waals surface area contributed by atoms with Gasteiger partial charge in [0.05, 0.1) is 33.8 Å². The number of phosphoric ester groups is 1. The van der Waals surface area contributed by atoms with Crippen molar-refractivity contribution in [2.45, 2.75) is 386 Å². The van der Waals surface area contributed by atoms with Crippen molar-refractivity contribution in [1.82, 2.24) is 5.32 Å². The van der Waals surface area contributed by atoms with Gasteiger partial charge in [0.25, 0.3) is 7.82 Å². The Labute approximate surface area is 523 Å². The summed E-state index contributed by atoms with van der Waals surface area (Å²) in [6.07, 6.45) is 79.9. The highest BCUT2D eigenvalue weighted by Crippen LogP contribution is 2.38. The summed E-state index contributed by atoms with van der Waals surface area (Å²) in [5.74, 6) is -0.518. The van der Waals surface area contributed by atoms with Crippen molar-refractivity contribution < 1.29 is 37.3 Å². The van der Waals surface area contributed by atoms with E-state index in [0.29, 0.717) is 17.4 Å². The Kier molecular flexibility index (Phi) is 62.9. The highest BCUT2D eigenvalue weighted by atomic mass is 31.2. The monoisotopic (exact) mass is 1200 g/mol. The Hall–Kier alpha value is -1.77. The molecule has 0 aliphatic carbocycles. The Balaban J connectivity index is 4.96. The van der Waals surface area contributed by atoms with Gasteiger partial charge in [-0.15, -0.1) is 0 Å². The smallest absolute Gasteiger partial charge is 0.306 e. The van der Waals surface area contributed by atoms with E-state index in [-0.39, 0.29) is 31.5 Å². The van der Waals surface area contributed by atoms with Crippen LogP contribution < -0.4 is 10.2 Å². The molecule has 496 valence electrons. The molecule has 0 fully saturated rings. The zero-order valence-corrected chi connectivity index (χ0v) is 57.8. The molecule has 0 bridgehead atoms. The van der Waals surface area contributed by atoms with Crippen molar-refractivity contribution >= 4 is 19.7 Å². The van der Waals surface area contributed by atoms with Gasteiger partial charge in [-0.05, 0) is 63.9 Å². The zero-order chi connectivity index (χ0) is 61.4. The van der Waals surface area contributed by atoms with Crippen LogP contribution in [0.4, 0.5) is 0 Å². The van der Waals surface area contributed by atoms with Crippen LogP contribution in [-0.2, 0) is 27.9 Å². The minimum Gasteiger partial charge on any atom is -0.756 e. The first-order chi connectivity index (χ1) is 40.9. The van der Waals surface area contributed by atoms with Gasteiger partial charge in [-0.25, -0.2) is 0 Å². The lowest BCUT2D eigenvalue weighted by Crippen LogP contribution is -2.47. The van der Waals surface area contributed by atoms with Crippen molar-refractivity contribution in [3.05, 3.63) is 36.5 Å². The number of phosphoric acid groups is 1. The first-order valence-corrected chi connectivity index (χ1v) is 38.3. The predicted octanol–water partition coefficient (Wildman–Crippen LogP) is 22.8. The van der Waals surface area contributed by atoms with Crippen molar-refractivity contribution in [2.75, 3.05) is 40.9 Å². The van der Waals surface area contributed by atoms with Crippen LogP contribution in [0.25, 0.3) is 0 Å². The van der Waals surface area contributed by atoms with Gasteiger partial charge >= 0.3 is 5.97 Å². The fourth-order valence-electron chi connectivity index (χ4n) is 11.1. The van der Waals surface area contributed by atoms with Crippen LogP contribution in [0.5, 0.6) is 0 Å². The molecular formula is C74H143N2O7P. The number of unbranched alkanes of at least 4 members (excludes halogenated alkanes) is 48. The molecule has 1 N–H and O–H groups in total. The van der Waals surface area contributed by atoms with E-state index in [4.69, 9.17) is 13.8 Å². The standard InChI is InChI=1S/C74H143N2O7P/c1-7-10-13-16-19-22-25-28-30-32-34-35-36-37-38-39-40-41-43-45-47-49-52-55-58-61-64-67-74(78)83-72(65-62-59-56-53-50-27-24-21-18-15-12-9-3)71(70-82-84(79,80)81-69-68-76(4,5)6)75-73(77)66-63-60-57-54-51-48-46-44-42-33-31-29-26-23-20-17-14-11-8-2/h19,22,28,30,62,65,71-72H,7-18,20-21,23-27,29,31-61,63-64,66-70H2,1-6H3,(H-,75,77,79,80)/b22-19-,30-28-,65-62+. The molecule has 0 aliphatic heterocycles. The molecule has 0 heterocycles. The lowest BCUT2D eigenvalue weighted by molar-refractivity contribution is -0.870. The lowest BCUT2D eigenvalue weighted by Gasteiger charge is -2.30. The van der Waals surface area contributed by atoms with Gasteiger partial charge in [0, 0.05) is 12.8 Å². The number of ether oxygens (including phenoxy) is 1. The zero-order valence-electron chi connectivity index (χ0n) is 56.9. The summed E-state index contributed by atoms with van der Waals surface area (Å²) in [6, 6.07) is -0.884. The fraction of sp³-hybridized carbons (Fsp3) is 0.892. The molecule has 0 saturated heterocycles. The molecule has 0 radical (unpaired) electrons. The van der Waals surface area contributed by atoms with E-state index in [2.05, 4.69) is 50.4 Å². The molecule has 3 unspecified atom stereocenters. The van der Waals surface area contributed by atoms with Gasteiger partial charge in [-0.3, -0.25) is 14.2 Å². The summed E-state index contributed by atoms with van der Waals surface area (Å²) in [7, 11) is 1.21. The lowest BCUT2D eigenvalue weighted by atomic mass is 10.0. The van der Waals surface area contributed by atoms with Crippen LogP contribution in [0.3, 0.4) is 0 Å². The Bertz CT molecular complexity index is 1530. The third-order valence-corrected chi connectivity index (χ3v) is 17.8. The van der Waals surface area contributed by atoms with Gasteiger partial charge in [0.1, 0.15) is 19.3 Å². The van der Waals surface area contributed by atoms with Crippen LogP contribution in [-0.4, -0.2) is 69.4 Å². The Morgan fingerprint density at radius 2 is 0.726 bits per heavy atom. The summed E-state index contributed by atoms with van der Waals surface area (Å²) in [6.45, 7) is 6.89. The van der Waals surface area contributed by atoms with Crippen LogP contribution in [0, 0.1) is 0 Å². The molecular weight excluding hydrogens is 1060 g/mol. The number of hydrogen-bond donors (Lipinski definition) is 1. The van der Waals surface area contributed by atoms with Crippen LogP contribution in [0.2, 0.25) is 0 Å². The average Bonchev–Trinajstić information content (AvgIpc) is 3.65. The molecule has 0 saturated carbocycles. The normalized spacial score (nSPS) is 13.7. The van der Waals surface area contributed by atoms with E-state index in [9.17, 15) is 19.0 Å². The Morgan fingerprint density at radius 3 is 1.10 bits per heavy atom. The maximum atomic E-state index is 13.6. The molecule has 0 aromatic rings. The number of allylic oxidation sites excluding steroid dienone is 5. The molecule has 0 aromatic heterocycles. The fourth-order valence-corrected chi connectivity index (χ4v) is 11.9. The summed E-state index contributed by atoms with van der Waals surface area (Å²) >= 11 is 0. The SMILES string of the molecule is CCCCC/C=C\C/C=C\CCCCCCCCCCCCCCCCCCCC(=O)OC(/C=C/CCCCCCCCCCCC)C(COP(=O)([O-])OCC[N+](C)(C)C)NC(=O)CCCCCCCCCCCCCCCCCCCCC. The largest absolute Gasteiger partial charge is 0.756 e. The molecule has 0 spiro atoms. The van der Waals surface area contributed by atoms with Crippen molar-refractivity contribution in [3.63, 3.8) is 0 Å². The number of hydrogen-bond acceptors (Lipinski definition) is 7. The van der Waals surface area contributed by atoms with E-state index < -0.39 is 20.0 Å². The maximum absolute atomic E-state index is 13.6. The second-order valence-electron chi connectivity index (χ2n) is 26.5. The molecule has 3 atom stereocenters. The number of carbonyl (C=O) groups excluding carboxylic acids is 2. The van der Waals surface area contributed by atoms with Crippen molar-refractivity contribution in [2.24, 2.45) is 0 Å². The number of amides is 1. The second-order valence-corrected chi connectivity index (χ2v) is 27.9. The topological polar surface area (TPSA) is 114 Å². The predicted molar refractivity (Wildman–Crippen MR) is 363 cm³/mol. The highest BCUT2D eigenvalue weighted by molar-refractivity contribution is 7.45. The van der Waals surface area contributed by atoms with Gasteiger partial charge in [-0.1, -0.05) is 334 Å². The van der Waals surface area contributed by atoms with Gasteiger partial charge in [0.15, 0.2) is 0 Å². The number of nitrogens with one attached hydrogen (secondary N) is 1. The number of esters is 1. The molecule has 0 aliphatic rings. The van der Waals surface area contributed by atoms with E-state index in [1.807, 2.05) is 33.3 Å². The third-order valence-electron chi connectivity index (χ3n) is 16.8. The van der Waals surface area contributed by atoms with Crippen LogP contribution in [0.1, 0.15) is 374 Å². The number of nitrogens with zero attached hydrogens (tertiary/aromatic N) is 1. The Morgan fingerprint density at radius 1 is 0.417 bits per heavy atom. The van der Waals surface area contributed by atoms with Crippen LogP contribution in [0.15, 0.2) is 36.5 Å². The van der Waals surface area contributed by atoms with E-state index >= 15 is 0 Å². The van der Waals surface area contributed by atoms with E-state index in [1.165, 1.54) is 276 Å². The quantitative estimate of drug-likeness (QED) is 0.0212. The minimum absolute atomic E-state index is 0.0184. The van der Waals surface area contributed by atoms with Gasteiger partial charge in [-0.2, -0.15) is 0 Å². The first kappa shape index (κ1) is 82.2. The third kappa shape index (κ3) is 64.7. The average molecular weight is 1200 g/mol. The summed E-state index contributed by atoms with van der Waals surface area (Å²) in [4.78, 5) is 40.2. The molecule has 84 heavy (non-hydrogen) atoms. The molecule has 0 aromatic carbocycles. The number of likely N-dealkylation sites (N-methyl/N-ethyl adjacent to an activating group) is 1. The molecule has 9 nitrogen and oxygen atoms in total. The highest BCUT2D eigenvalue weighted by Gasteiger charge is 2.27. The summed E-state index contributed by atoms with van der Waals surface area (Å²) in [5, 5.41) is 3.05. The van der Waals surface area contributed by atoms with Crippen molar-refractivity contribution in [1.29, 1.82) is 0 Å². The molecule has 1 amide bonds. The van der Waals surface area contributed by atoms with Crippen LogP contribution >= 0.6 is 7.82 Å². The summed E-state index contributed by atoms with van der Waals surface area (Å²) < 4.78 is 30.5. The molecule has 0 rings (SSSR count). The second kappa shape index (κ2) is 64.2. The maximum Gasteiger partial charge on any atom is 0.306 e. The number of carbonyl (C=O) groups is 2.